The second kappa shape index (κ2) is 7.92. The van der Waals surface area contributed by atoms with Crippen LogP contribution in [0.25, 0.3) is 5.57 Å². The average Bonchev–Trinajstić information content (AvgIpc) is 3.31. The fourth-order valence-electron chi connectivity index (χ4n) is 3.63. The first-order valence-electron chi connectivity index (χ1n) is 9.98. The third kappa shape index (κ3) is 3.57. The maximum Gasteiger partial charge on any atom is 0.282 e. The van der Waals surface area contributed by atoms with Gasteiger partial charge in [0.1, 0.15) is 5.70 Å². The van der Waals surface area contributed by atoms with Crippen molar-refractivity contribution in [3.8, 4) is 0 Å². The van der Waals surface area contributed by atoms with Gasteiger partial charge in [0.05, 0.1) is 11.3 Å². The zero-order valence-corrected chi connectivity index (χ0v) is 18.3. The highest BCUT2D eigenvalue weighted by molar-refractivity contribution is 7.11. The summed E-state index contributed by atoms with van der Waals surface area (Å²) < 4.78 is 0. The SMILES string of the molecule is Cc1ccc(NC2=C(c3cccs3)C(=O)N(c3ccc(C(C)C)cc3)C2=O)c(C)c1. The first kappa shape index (κ1) is 20.1. The molecule has 30 heavy (non-hydrogen) atoms. The molecule has 1 aromatic heterocycles. The van der Waals surface area contributed by atoms with Gasteiger partial charge in [0.25, 0.3) is 11.8 Å². The number of carbonyl (C=O) groups is 2. The summed E-state index contributed by atoms with van der Waals surface area (Å²) in [6.45, 7) is 8.25. The molecule has 152 valence electrons. The van der Waals surface area contributed by atoms with Crippen molar-refractivity contribution in [1.82, 2.24) is 0 Å². The number of imide groups is 1. The van der Waals surface area contributed by atoms with Crippen molar-refractivity contribution in [2.45, 2.75) is 33.6 Å². The number of amides is 2. The fraction of sp³-hybridized carbons (Fsp3) is 0.200. The number of hydrogen-bond donors (Lipinski definition) is 1. The molecule has 0 atom stereocenters. The van der Waals surface area contributed by atoms with Gasteiger partial charge in [-0.15, -0.1) is 11.3 Å². The lowest BCUT2D eigenvalue weighted by molar-refractivity contribution is -0.120. The number of rotatable bonds is 5. The number of thiophene rings is 1. The van der Waals surface area contributed by atoms with Gasteiger partial charge in [-0.1, -0.05) is 49.7 Å². The molecule has 2 aromatic carbocycles. The first-order valence-corrected chi connectivity index (χ1v) is 10.9. The smallest absolute Gasteiger partial charge is 0.282 e. The summed E-state index contributed by atoms with van der Waals surface area (Å²) in [6.07, 6.45) is 0. The monoisotopic (exact) mass is 416 g/mol. The molecule has 0 unspecified atom stereocenters. The molecule has 0 saturated carbocycles. The Morgan fingerprint density at radius 1 is 0.933 bits per heavy atom. The highest BCUT2D eigenvalue weighted by Gasteiger charge is 2.40. The Hall–Kier alpha value is -3.18. The van der Waals surface area contributed by atoms with Crippen LogP contribution in [0.3, 0.4) is 0 Å². The van der Waals surface area contributed by atoms with Crippen molar-refractivity contribution in [2.24, 2.45) is 0 Å². The molecule has 2 heterocycles. The van der Waals surface area contributed by atoms with Crippen LogP contribution in [0.5, 0.6) is 0 Å². The van der Waals surface area contributed by atoms with Gasteiger partial charge in [0.15, 0.2) is 0 Å². The largest absolute Gasteiger partial charge is 0.350 e. The van der Waals surface area contributed by atoms with E-state index in [0.29, 0.717) is 22.9 Å². The van der Waals surface area contributed by atoms with Crippen molar-refractivity contribution >= 4 is 40.1 Å². The summed E-state index contributed by atoms with van der Waals surface area (Å²) in [6, 6.07) is 17.4. The fourth-order valence-corrected chi connectivity index (χ4v) is 4.39. The van der Waals surface area contributed by atoms with Crippen molar-refractivity contribution in [3.63, 3.8) is 0 Å². The van der Waals surface area contributed by atoms with E-state index in [2.05, 4.69) is 25.2 Å². The molecule has 2 amide bonds. The van der Waals surface area contributed by atoms with Gasteiger partial charge in [-0.05, 0) is 60.5 Å². The van der Waals surface area contributed by atoms with Crippen LogP contribution in [-0.4, -0.2) is 11.8 Å². The molecule has 0 fully saturated rings. The molecule has 3 aromatic rings. The molecule has 4 rings (SSSR count). The van der Waals surface area contributed by atoms with E-state index in [1.807, 2.05) is 67.8 Å². The van der Waals surface area contributed by atoms with Gasteiger partial charge in [-0.3, -0.25) is 9.59 Å². The predicted molar refractivity (Wildman–Crippen MR) is 124 cm³/mol. The Morgan fingerprint density at radius 3 is 2.27 bits per heavy atom. The van der Waals surface area contributed by atoms with Crippen LogP contribution in [0.2, 0.25) is 0 Å². The van der Waals surface area contributed by atoms with Crippen molar-refractivity contribution in [2.75, 3.05) is 10.2 Å². The van der Waals surface area contributed by atoms with Gasteiger partial charge in [-0.2, -0.15) is 0 Å². The number of hydrogen-bond acceptors (Lipinski definition) is 4. The quantitative estimate of drug-likeness (QED) is 0.528. The van der Waals surface area contributed by atoms with Gasteiger partial charge in [0, 0.05) is 10.6 Å². The van der Waals surface area contributed by atoms with E-state index >= 15 is 0 Å². The zero-order chi connectivity index (χ0) is 21.4. The lowest BCUT2D eigenvalue weighted by atomic mass is 10.0. The van der Waals surface area contributed by atoms with Crippen LogP contribution in [0, 0.1) is 13.8 Å². The summed E-state index contributed by atoms with van der Waals surface area (Å²) in [5.74, 6) is -0.252. The summed E-state index contributed by atoms with van der Waals surface area (Å²) in [5, 5.41) is 5.17. The molecule has 0 aliphatic carbocycles. The van der Waals surface area contributed by atoms with Gasteiger partial charge < -0.3 is 5.32 Å². The predicted octanol–water partition coefficient (Wildman–Crippen LogP) is 5.88. The Bertz CT molecular complexity index is 1140. The third-order valence-electron chi connectivity index (χ3n) is 5.31. The summed E-state index contributed by atoms with van der Waals surface area (Å²) in [7, 11) is 0. The maximum absolute atomic E-state index is 13.4. The Labute approximate surface area is 180 Å². The van der Waals surface area contributed by atoms with E-state index in [0.717, 1.165) is 27.3 Å². The lowest BCUT2D eigenvalue weighted by Gasteiger charge is -2.17. The lowest BCUT2D eigenvalue weighted by Crippen LogP contribution is -2.32. The molecule has 0 saturated heterocycles. The second-order valence-corrected chi connectivity index (χ2v) is 8.81. The van der Waals surface area contributed by atoms with Crippen LogP contribution < -0.4 is 10.2 Å². The normalized spacial score (nSPS) is 14.2. The molecular formula is C25H24N2O2S. The van der Waals surface area contributed by atoms with Crippen molar-refractivity contribution < 1.29 is 9.59 Å². The Balaban J connectivity index is 1.76. The summed E-state index contributed by atoms with van der Waals surface area (Å²) >= 11 is 1.45. The molecular weight excluding hydrogens is 392 g/mol. The highest BCUT2D eigenvalue weighted by atomic mass is 32.1. The van der Waals surface area contributed by atoms with E-state index in [4.69, 9.17) is 0 Å². The van der Waals surface area contributed by atoms with Crippen molar-refractivity contribution in [3.05, 3.63) is 87.2 Å². The minimum atomic E-state index is -0.333. The average molecular weight is 417 g/mol. The first-order chi connectivity index (χ1) is 14.4. The second-order valence-electron chi connectivity index (χ2n) is 7.86. The highest BCUT2D eigenvalue weighted by Crippen LogP contribution is 2.36. The molecule has 1 N–H and O–H groups in total. The van der Waals surface area contributed by atoms with E-state index < -0.39 is 0 Å². The van der Waals surface area contributed by atoms with Gasteiger partial charge in [0.2, 0.25) is 0 Å². The van der Waals surface area contributed by atoms with E-state index in [9.17, 15) is 9.59 Å². The topological polar surface area (TPSA) is 49.4 Å². The standard InChI is InChI=1S/C25H24N2O2S/c1-15(2)18-8-10-19(11-9-18)27-24(28)22(21-6-5-13-30-21)23(25(27)29)26-20-12-7-16(3)14-17(20)4/h5-15,26H,1-4H3. The number of nitrogens with one attached hydrogen (secondary N) is 1. The molecule has 1 aliphatic rings. The molecule has 1 aliphatic heterocycles. The molecule has 5 heteroatoms. The molecule has 4 nitrogen and oxygen atoms in total. The third-order valence-corrected chi connectivity index (χ3v) is 6.20. The van der Waals surface area contributed by atoms with Crippen LogP contribution in [0.15, 0.2) is 65.7 Å². The molecule has 0 spiro atoms. The minimum absolute atomic E-state index is 0.299. The number of anilines is 2. The summed E-state index contributed by atoms with van der Waals surface area (Å²) in [5.41, 5.74) is 5.48. The number of carbonyl (C=O) groups excluding carboxylic acids is 2. The zero-order valence-electron chi connectivity index (χ0n) is 17.5. The Kier molecular flexibility index (Phi) is 5.31. The van der Waals surface area contributed by atoms with Crippen LogP contribution in [-0.2, 0) is 9.59 Å². The van der Waals surface area contributed by atoms with Gasteiger partial charge >= 0.3 is 0 Å². The number of benzene rings is 2. The Morgan fingerprint density at radius 2 is 1.67 bits per heavy atom. The molecule has 0 bridgehead atoms. The van der Waals surface area contributed by atoms with Crippen LogP contribution >= 0.6 is 11.3 Å². The van der Waals surface area contributed by atoms with E-state index in [1.165, 1.54) is 16.2 Å². The number of nitrogens with zero attached hydrogens (tertiary/aromatic N) is 1. The summed E-state index contributed by atoms with van der Waals surface area (Å²) in [4.78, 5) is 28.8. The van der Waals surface area contributed by atoms with Crippen LogP contribution in [0.4, 0.5) is 11.4 Å². The van der Waals surface area contributed by atoms with Crippen molar-refractivity contribution in [1.29, 1.82) is 0 Å². The number of aryl methyl sites for hydroxylation is 2. The maximum atomic E-state index is 13.4. The van der Waals surface area contributed by atoms with E-state index in [-0.39, 0.29) is 11.8 Å². The van der Waals surface area contributed by atoms with E-state index in [1.54, 1.807) is 0 Å². The van der Waals surface area contributed by atoms with Gasteiger partial charge in [-0.25, -0.2) is 4.90 Å². The van der Waals surface area contributed by atoms with Crippen LogP contribution in [0.1, 0.15) is 41.3 Å². The molecule has 0 radical (unpaired) electrons. The minimum Gasteiger partial charge on any atom is -0.350 e.